The van der Waals surface area contributed by atoms with E-state index < -0.39 is 5.91 Å². The number of phenols is 1. The third-order valence-corrected chi connectivity index (χ3v) is 2.97. The highest BCUT2D eigenvalue weighted by molar-refractivity contribution is 6.01. The van der Waals surface area contributed by atoms with Gasteiger partial charge in [0.25, 0.3) is 5.91 Å². The second kappa shape index (κ2) is 8.53. The lowest BCUT2D eigenvalue weighted by Gasteiger charge is -2.10. The number of ether oxygens (including phenoxy) is 1. The van der Waals surface area contributed by atoms with Gasteiger partial charge in [0.15, 0.2) is 11.5 Å². The van der Waals surface area contributed by atoms with Gasteiger partial charge in [-0.25, -0.2) is 0 Å². The third kappa shape index (κ3) is 4.38. The Morgan fingerprint density at radius 3 is 2.82 bits per heavy atom. The summed E-state index contributed by atoms with van der Waals surface area (Å²) in [7, 11) is 1.44. The predicted molar refractivity (Wildman–Crippen MR) is 85.5 cm³/mol. The number of nitrogens with zero attached hydrogens (tertiary/aromatic N) is 1. The number of methoxy groups -OCH3 is 1. The number of nitrogens with one attached hydrogen (secondary N) is 1. The number of aromatic hydroxyl groups is 1. The number of allylic oxidation sites excluding steroid dienone is 1. The summed E-state index contributed by atoms with van der Waals surface area (Å²) in [5, 5.41) is 21.8. The van der Waals surface area contributed by atoms with Crippen LogP contribution in [-0.2, 0) is 11.2 Å². The molecule has 0 aliphatic heterocycles. The molecule has 0 saturated heterocycles. The number of hydrogen-bond acceptors (Lipinski definition) is 4. The lowest BCUT2D eigenvalue weighted by molar-refractivity contribution is -0.117. The monoisotopic (exact) mass is 300 g/mol. The first kappa shape index (κ1) is 17.3. The fourth-order valence-corrected chi connectivity index (χ4v) is 1.89. The van der Waals surface area contributed by atoms with Gasteiger partial charge in [-0.05, 0) is 36.6 Å². The normalized spacial score (nSPS) is 10.7. The van der Waals surface area contributed by atoms with Crippen LogP contribution in [0.5, 0.6) is 11.5 Å². The van der Waals surface area contributed by atoms with Gasteiger partial charge >= 0.3 is 0 Å². The second-order valence-corrected chi connectivity index (χ2v) is 4.65. The first-order chi connectivity index (χ1) is 10.6. The molecule has 0 aromatic heterocycles. The summed E-state index contributed by atoms with van der Waals surface area (Å²) in [6.07, 6.45) is 4.37. The molecule has 0 bridgehead atoms. The molecule has 0 radical (unpaired) electrons. The number of carbonyl (C=O) groups is 1. The van der Waals surface area contributed by atoms with Crippen molar-refractivity contribution in [2.24, 2.45) is 0 Å². The van der Waals surface area contributed by atoms with Crippen LogP contribution in [0.25, 0.3) is 6.08 Å². The van der Waals surface area contributed by atoms with Gasteiger partial charge in [-0.3, -0.25) is 4.79 Å². The second-order valence-electron chi connectivity index (χ2n) is 4.65. The lowest BCUT2D eigenvalue weighted by atomic mass is 10.0. The van der Waals surface area contributed by atoms with Gasteiger partial charge in [0.05, 0.1) is 7.11 Å². The van der Waals surface area contributed by atoms with E-state index in [2.05, 4.69) is 11.9 Å². The summed E-state index contributed by atoms with van der Waals surface area (Å²) in [6, 6.07) is 5.16. The Morgan fingerprint density at radius 1 is 1.55 bits per heavy atom. The highest BCUT2D eigenvalue weighted by Crippen LogP contribution is 2.32. The molecule has 1 rings (SSSR count). The summed E-state index contributed by atoms with van der Waals surface area (Å²) in [5.41, 5.74) is 1.23. The number of rotatable bonds is 7. The number of amides is 1. The van der Waals surface area contributed by atoms with Gasteiger partial charge in [0.2, 0.25) is 0 Å². The fourth-order valence-electron chi connectivity index (χ4n) is 1.89. The zero-order valence-corrected chi connectivity index (χ0v) is 12.8. The van der Waals surface area contributed by atoms with Crippen molar-refractivity contribution in [1.82, 2.24) is 5.32 Å². The molecule has 1 amide bonds. The van der Waals surface area contributed by atoms with Gasteiger partial charge < -0.3 is 15.2 Å². The quantitative estimate of drug-likeness (QED) is 0.460. The molecule has 0 atom stereocenters. The molecule has 0 saturated carbocycles. The molecule has 116 valence electrons. The maximum Gasteiger partial charge on any atom is 0.261 e. The van der Waals surface area contributed by atoms with Crippen LogP contribution in [0.3, 0.4) is 0 Å². The molecule has 2 N–H and O–H groups in total. The van der Waals surface area contributed by atoms with Crippen LogP contribution in [-0.4, -0.2) is 24.7 Å². The van der Waals surface area contributed by atoms with Gasteiger partial charge in [-0.2, -0.15) is 5.26 Å². The lowest BCUT2D eigenvalue weighted by Crippen LogP contribution is -2.25. The Hall–Kier alpha value is -2.74. The zero-order valence-electron chi connectivity index (χ0n) is 12.8. The average Bonchev–Trinajstić information content (AvgIpc) is 2.53. The predicted octanol–water partition coefficient (Wildman–Crippen LogP) is 2.56. The number of phenolic OH excluding ortho intramolecular Hbond substituents is 1. The summed E-state index contributed by atoms with van der Waals surface area (Å²) in [6.45, 7) is 6.08. The number of nitriles is 1. The summed E-state index contributed by atoms with van der Waals surface area (Å²) in [4.78, 5) is 11.9. The van der Waals surface area contributed by atoms with E-state index in [1.54, 1.807) is 18.2 Å². The maximum absolute atomic E-state index is 11.9. The van der Waals surface area contributed by atoms with Crippen molar-refractivity contribution in [3.8, 4) is 17.6 Å². The summed E-state index contributed by atoms with van der Waals surface area (Å²) in [5.74, 6) is -0.0907. The largest absolute Gasteiger partial charge is 0.504 e. The molecular weight excluding hydrogens is 280 g/mol. The van der Waals surface area contributed by atoms with Crippen LogP contribution in [0.1, 0.15) is 24.5 Å². The van der Waals surface area contributed by atoms with Gasteiger partial charge in [0.1, 0.15) is 11.6 Å². The van der Waals surface area contributed by atoms with Crippen LogP contribution in [0, 0.1) is 11.3 Å². The topological polar surface area (TPSA) is 82.4 Å². The first-order valence-electron chi connectivity index (χ1n) is 6.98. The van der Waals surface area contributed by atoms with E-state index >= 15 is 0 Å². The van der Waals surface area contributed by atoms with E-state index in [1.807, 2.05) is 13.0 Å². The standard InChI is InChI=1S/C17H20N2O3/c1-4-6-13-8-12(10-15(22-3)16(13)20)9-14(11-18)17(21)19-7-5-2/h4,8-10,20H,1,5-7H2,2-3H3,(H,19,21). The Kier molecular flexibility index (Phi) is 6.71. The summed E-state index contributed by atoms with van der Waals surface area (Å²) < 4.78 is 5.12. The molecule has 0 fully saturated rings. The summed E-state index contributed by atoms with van der Waals surface area (Å²) >= 11 is 0. The van der Waals surface area contributed by atoms with Crippen molar-refractivity contribution in [3.63, 3.8) is 0 Å². The van der Waals surface area contributed by atoms with Crippen LogP contribution in [0.2, 0.25) is 0 Å². The van der Waals surface area contributed by atoms with E-state index in [0.29, 0.717) is 24.1 Å². The molecule has 0 unspecified atom stereocenters. The van der Waals surface area contributed by atoms with Crippen LogP contribution in [0.4, 0.5) is 0 Å². The third-order valence-electron chi connectivity index (χ3n) is 2.97. The minimum Gasteiger partial charge on any atom is -0.504 e. The molecule has 22 heavy (non-hydrogen) atoms. The van der Waals surface area contributed by atoms with Gasteiger partial charge in [0, 0.05) is 12.1 Å². The van der Waals surface area contributed by atoms with E-state index in [1.165, 1.54) is 13.2 Å². The van der Waals surface area contributed by atoms with Crippen molar-refractivity contribution in [2.75, 3.05) is 13.7 Å². The van der Waals surface area contributed by atoms with Crippen molar-refractivity contribution in [1.29, 1.82) is 5.26 Å². The fraction of sp³-hybridized carbons (Fsp3) is 0.294. The first-order valence-corrected chi connectivity index (χ1v) is 6.98. The van der Waals surface area contributed by atoms with Crippen molar-refractivity contribution in [3.05, 3.63) is 41.5 Å². The minimum absolute atomic E-state index is 0.00532. The average molecular weight is 300 g/mol. The highest BCUT2D eigenvalue weighted by Gasteiger charge is 2.12. The van der Waals surface area contributed by atoms with Crippen LogP contribution in [0.15, 0.2) is 30.4 Å². The Morgan fingerprint density at radius 2 is 2.27 bits per heavy atom. The Labute approximate surface area is 130 Å². The van der Waals surface area contributed by atoms with Crippen molar-refractivity contribution in [2.45, 2.75) is 19.8 Å². The number of hydrogen-bond donors (Lipinski definition) is 2. The molecule has 5 heteroatoms. The number of benzene rings is 1. The van der Waals surface area contributed by atoms with Crippen molar-refractivity contribution < 1.29 is 14.6 Å². The molecule has 1 aromatic rings. The zero-order chi connectivity index (χ0) is 16.5. The molecule has 0 aliphatic rings. The van der Waals surface area contributed by atoms with Crippen LogP contribution >= 0.6 is 0 Å². The van der Waals surface area contributed by atoms with E-state index in [0.717, 1.165) is 6.42 Å². The van der Waals surface area contributed by atoms with Crippen molar-refractivity contribution >= 4 is 12.0 Å². The van der Waals surface area contributed by atoms with Gasteiger partial charge in [-0.1, -0.05) is 13.0 Å². The molecular formula is C17H20N2O3. The minimum atomic E-state index is -0.415. The smallest absolute Gasteiger partial charge is 0.261 e. The highest BCUT2D eigenvalue weighted by atomic mass is 16.5. The molecule has 5 nitrogen and oxygen atoms in total. The van der Waals surface area contributed by atoms with Gasteiger partial charge in [-0.15, -0.1) is 6.58 Å². The number of carbonyl (C=O) groups excluding carboxylic acids is 1. The molecule has 0 aliphatic carbocycles. The van der Waals surface area contributed by atoms with E-state index in [4.69, 9.17) is 10.00 Å². The van der Waals surface area contributed by atoms with Crippen LogP contribution < -0.4 is 10.1 Å². The molecule has 0 heterocycles. The molecule has 0 spiro atoms. The Balaban J connectivity index is 3.21. The SMILES string of the molecule is C=CCc1cc(C=C(C#N)C(=O)NCCC)cc(OC)c1O. The van der Waals surface area contributed by atoms with E-state index in [-0.39, 0.29) is 17.1 Å². The molecule has 1 aromatic carbocycles. The maximum atomic E-state index is 11.9. The van der Waals surface area contributed by atoms with E-state index in [9.17, 15) is 9.90 Å². The Bertz CT molecular complexity index is 628.